The van der Waals surface area contributed by atoms with Gasteiger partial charge in [-0.3, -0.25) is 19.4 Å². The third-order valence-electron chi connectivity index (χ3n) is 4.58. The van der Waals surface area contributed by atoms with Crippen LogP contribution in [0.1, 0.15) is 40.0 Å². The van der Waals surface area contributed by atoms with Crippen molar-refractivity contribution in [2.45, 2.75) is 64.2 Å². The van der Waals surface area contributed by atoms with Crippen LogP contribution in [0.4, 0.5) is 0 Å². The Morgan fingerprint density at radius 3 is 1.97 bits per heavy atom. The molecule has 0 saturated carbocycles. The monoisotopic (exact) mass is 445 g/mol. The number of nitrogens with one attached hydrogen (secondary N) is 3. The number of nitrogens with two attached hydrogens (primary N) is 3. The van der Waals surface area contributed by atoms with Gasteiger partial charge in [0.1, 0.15) is 18.1 Å². The molecule has 11 N–H and O–H groups in total. The van der Waals surface area contributed by atoms with E-state index in [0.29, 0.717) is 12.8 Å². The Bertz CT molecular complexity index is 651. The standard InChI is InChI=1S/C18H35N7O6/c1-4-9(2)13(17(30)31)25-15(28)11(6-5-7-22-18(20)21)23-16(29)12(8-26)24-14(27)10(3)19/h9-13,26H,4-8,19H2,1-3H3,(H,23,29)(H,24,27)(H,25,28)(H,30,31)(H4,20,21,22). The van der Waals surface area contributed by atoms with Gasteiger partial charge in [0.05, 0.1) is 12.6 Å². The van der Waals surface area contributed by atoms with E-state index in [4.69, 9.17) is 17.2 Å². The number of guanidine groups is 1. The number of aliphatic hydroxyl groups excluding tert-OH is 1. The number of hydrogen-bond acceptors (Lipinski definition) is 7. The van der Waals surface area contributed by atoms with Gasteiger partial charge in [-0.15, -0.1) is 0 Å². The summed E-state index contributed by atoms with van der Waals surface area (Å²) in [5.41, 5.74) is 16.0. The molecule has 3 amide bonds. The number of carbonyl (C=O) groups is 4. The lowest BCUT2D eigenvalue weighted by molar-refractivity contribution is -0.144. The average molecular weight is 446 g/mol. The Morgan fingerprint density at radius 2 is 1.52 bits per heavy atom. The quantitative estimate of drug-likeness (QED) is 0.0769. The van der Waals surface area contributed by atoms with Crippen molar-refractivity contribution >= 4 is 29.7 Å². The number of amides is 3. The lowest BCUT2D eigenvalue weighted by Gasteiger charge is -2.26. The van der Waals surface area contributed by atoms with E-state index in [2.05, 4.69) is 20.9 Å². The molecule has 0 saturated heterocycles. The van der Waals surface area contributed by atoms with Crippen LogP contribution in [-0.2, 0) is 19.2 Å². The van der Waals surface area contributed by atoms with Crippen LogP contribution in [0.2, 0.25) is 0 Å². The maximum atomic E-state index is 12.7. The summed E-state index contributed by atoms with van der Waals surface area (Å²) in [6, 6.07) is -4.54. The van der Waals surface area contributed by atoms with E-state index in [1.165, 1.54) is 6.92 Å². The molecule has 5 unspecified atom stereocenters. The van der Waals surface area contributed by atoms with Crippen LogP contribution in [0, 0.1) is 5.92 Å². The van der Waals surface area contributed by atoms with Gasteiger partial charge in [0.25, 0.3) is 0 Å². The van der Waals surface area contributed by atoms with Crippen molar-refractivity contribution in [3.05, 3.63) is 0 Å². The minimum Gasteiger partial charge on any atom is -0.480 e. The molecule has 0 aromatic carbocycles. The second-order valence-corrected chi connectivity index (χ2v) is 7.25. The lowest BCUT2D eigenvalue weighted by atomic mass is 9.98. The normalized spacial score (nSPS) is 15.5. The zero-order valence-corrected chi connectivity index (χ0v) is 18.1. The molecule has 0 bridgehead atoms. The van der Waals surface area contributed by atoms with Crippen LogP contribution >= 0.6 is 0 Å². The van der Waals surface area contributed by atoms with Crippen LogP contribution in [-0.4, -0.2) is 77.2 Å². The van der Waals surface area contributed by atoms with Gasteiger partial charge >= 0.3 is 5.97 Å². The molecule has 0 heterocycles. The van der Waals surface area contributed by atoms with E-state index in [9.17, 15) is 29.4 Å². The molecule has 0 aliphatic rings. The van der Waals surface area contributed by atoms with E-state index in [1.807, 2.05) is 0 Å². The number of carboxylic acid groups (broad SMARTS) is 1. The second-order valence-electron chi connectivity index (χ2n) is 7.25. The number of aliphatic hydroxyl groups is 1. The summed E-state index contributed by atoms with van der Waals surface area (Å²) in [7, 11) is 0. The first-order valence-corrected chi connectivity index (χ1v) is 10.00. The Hall–Kier alpha value is -2.93. The van der Waals surface area contributed by atoms with Crippen LogP contribution in [0.5, 0.6) is 0 Å². The van der Waals surface area contributed by atoms with E-state index in [1.54, 1.807) is 13.8 Å². The topological polar surface area (TPSA) is 235 Å². The summed E-state index contributed by atoms with van der Waals surface area (Å²) in [4.78, 5) is 52.3. The first kappa shape index (κ1) is 28.1. The zero-order valence-electron chi connectivity index (χ0n) is 18.1. The fourth-order valence-electron chi connectivity index (χ4n) is 2.48. The molecule has 5 atom stereocenters. The Morgan fingerprint density at radius 1 is 0.968 bits per heavy atom. The SMILES string of the molecule is CCC(C)C(NC(=O)C(CCCN=C(N)N)NC(=O)C(CO)NC(=O)C(C)N)C(=O)O. The minimum absolute atomic E-state index is 0.0839. The van der Waals surface area contributed by atoms with Crippen molar-refractivity contribution in [1.29, 1.82) is 0 Å². The van der Waals surface area contributed by atoms with Gasteiger partial charge in [-0.1, -0.05) is 20.3 Å². The Kier molecular flexibility index (Phi) is 12.8. The van der Waals surface area contributed by atoms with Crippen LogP contribution in [0.15, 0.2) is 4.99 Å². The molecule has 0 rings (SSSR count). The van der Waals surface area contributed by atoms with Crippen molar-refractivity contribution < 1.29 is 29.4 Å². The van der Waals surface area contributed by atoms with Crippen LogP contribution < -0.4 is 33.2 Å². The molecule has 13 nitrogen and oxygen atoms in total. The number of rotatable bonds is 14. The second kappa shape index (κ2) is 14.1. The van der Waals surface area contributed by atoms with Gasteiger partial charge in [-0.2, -0.15) is 0 Å². The highest BCUT2D eigenvalue weighted by atomic mass is 16.4. The van der Waals surface area contributed by atoms with E-state index in [-0.39, 0.29) is 24.8 Å². The van der Waals surface area contributed by atoms with E-state index >= 15 is 0 Å². The smallest absolute Gasteiger partial charge is 0.326 e. The third-order valence-corrected chi connectivity index (χ3v) is 4.58. The summed E-state index contributed by atoms with van der Waals surface area (Å²) < 4.78 is 0. The maximum Gasteiger partial charge on any atom is 0.326 e. The highest BCUT2D eigenvalue weighted by Crippen LogP contribution is 2.09. The molecule has 0 fully saturated rings. The highest BCUT2D eigenvalue weighted by Gasteiger charge is 2.31. The number of aliphatic carboxylic acids is 1. The average Bonchev–Trinajstić information content (AvgIpc) is 2.70. The molecule has 178 valence electrons. The lowest BCUT2D eigenvalue weighted by Crippen LogP contribution is -2.58. The Labute approximate surface area is 181 Å². The summed E-state index contributed by atoms with van der Waals surface area (Å²) in [5, 5.41) is 26.0. The van der Waals surface area contributed by atoms with Gasteiger partial charge in [0.2, 0.25) is 17.7 Å². The Balaban J connectivity index is 5.40. The number of nitrogens with zero attached hydrogens (tertiary/aromatic N) is 1. The number of carboxylic acids is 1. The molecule has 31 heavy (non-hydrogen) atoms. The van der Waals surface area contributed by atoms with Gasteiger partial charge < -0.3 is 43.4 Å². The summed E-state index contributed by atoms with van der Waals surface area (Å²) in [5.74, 6) is -3.90. The molecule has 0 aliphatic carbocycles. The molecule has 0 aliphatic heterocycles. The zero-order chi connectivity index (χ0) is 24.1. The number of carbonyl (C=O) groups excluding carboxylic acids is 3. The summed E-state index contributed by atoms with van der Waals surface area (Å²) >= 11 is 0. The molecule has 0 aromatic rings. The first-order valence-electron chi connectivity index (χ1n) is 10.00. The van der Waals surface area contributed by atoms with Gasteiger partial charge in [0.15, 0.2) is 5.96 Å². The van der Waals surface area contributed by atoms with Crippen molar-refractivity contribution in [3.63, 3.8) is 0 Å². The number of aliphatic imine (C=N–C) groups is 1. The molecule has 0 spiro atoms. The number of hydrogen-bond donors (Lipinski definition) is 8. The van der Waals surface area contributed by atoms with Gasteiger partial charge in [-0.25, -0.2) is 4.79 Å². The summed E-state index contributed by atoms with van der Waals surface area (Å²) in [6.45, 7) is 4.32. The van der Waals surface area contributed by atoms with E-state index < -0.39 is 54.5 Å². The molecule has 0 radical (unpaired) electrons. The van der Waals surface area contributed by atoms with E-state index in [0.717, 1.165) is 0 Å². The van der Waals surface area contributed by atoms with Crippen LogP contribution in [0.25, 0.3) is 0 Å². The molecule has 0 aromatic heterocycles. The van der Waals surface area contributed by atoms with Crippen molar-refractivity contribution in [3.8, 4) is 0 Å². The first-order chi connectivity index (χ1) is 14.4. The molecular weight excluding hydrogens is 410 g/mol. The predicted molar refractivity (Wildman–Crippen MR) is 114 cm³/mol. The van der Waals surface area contributed by atoms with Gasteiger partial charge in [-0.05, 0) is 25.7 Å². The molecular formula is C18H35N7O6. The summed E-state index contributed by atoms with van der Waals surface area (Å²) in [6.07, 6.45) is 0.891. The fraction of sp³-hybridized carbons (Fsp3) is 0.722. The fourth-order valence-corrected chi connectivity index (χ4v) is 2.48. The van der Waals surface area contributed by atoms with Gasteiger partial charge in [0, 0.05) is 6.54 Å². The minimum atomic E-state index is -1.34. The predicted octanol–water partition coefficient (Wildman–Crippen LogP) is -3.04. The molecule has 13 heteroatoms. The van der Waals surface area contributed by atoms with Crippen molar-refractivity contribution in [1.82, 2.24) is 16.0 Å². The maximum absolute atomic E-state index is 12.7. The highest BCUT2D eigenvalue weighted by molar-refractivity contribution is 5.94. The van der Waals surface area contributed by atoms with Crippen molar-refractivity contribution in [2.24, 2.45) is 28.1 Å². The van der Waals surface area contributed by atoms with Crippen LogP contribution in [0.3, 0.4) is 0 Å². The third kappa shape index (κ3) is 10.6. The largest absolute Gasteiger partial charge is 0.480 e. The van der Waals surface area contributed by atoms with Crippen molar-refractivity contribution in [2.75, 3.05) is 13.2 Å².